The van der Waals surface area contributed by atoms with Crippen LogP contribution in [0.1, 0.15) is 36.9 Å². The zero-order valence-corrected chi connectivity index (χ0v) is 11.2. The van der Waals surface area contributed by atoms with Gasteiger partial charge in [0.2, 0.25) is 0 Å². The van der Waals surface area contributed by atoms with E-state index in [-0.39, 0.29) is 0 Å². The molecular weight excluding hydrogens is 212 g/mol. The van der Waals surface area contributed by atoms with E-state index < -0.39 is 0 Å². The molecule has 0 unspecified atom stereocenters. The van der Waals surface area contributed by atoms with Gasteiger partial charge in [-0.25, -0.2) is 0 Å². The molecule has 4 nitrogen and oxygen atoms in total. The van der Waals surface area contributed by atoms with E-state index in [0.29, 0.717) is 12.6 Å². The summed E-state index contributed by atoms with van der Waals surface area (Å²) < 4.78 is 2.01. The summed E-state index contributed by atoms with van der Waals surface area (Å²) in [5.74, 6) is 1.26. The minimum absolute atomic E-state index is 0.682. The molecule has 0 aliphatic heterocycles. The summed E-state index contributed by atoms with van der Waals surface area (Å²) in [7, 11) is 4.24. The predicted octanol–water partition coefficient (Wildman–Crippen LogP) is 1.61. The minimum atomic E-state index is 0.682. The second-order valence-electron chi connectivity index (χ2n) is 5.10. The first-order valence-corrected chi connectivity index (χ1v) is 6.60. The van der Waals surface area contributed by atoms with E-state index in [9.17, 15) is 0 Å². The van der Waals surface area contributed by atoms with Crippen molar-refractivity contribution in [1.82, 2.24) is 9.78 Å². The molecule has 0 saturated heterocycles. The van der Waals surface area contributed by atoms with E-state index in [1.165, 1.54) is 37.1 Å². The van der Waals surface area contributed by atoms with Crippen molar-refractivity contribution in [3.8, 4) is 0 Å². The Bertz CT molecular complexity index is 377. The van der Waals surface area contributed by atoms with Crippen LogP contribution in [0.5, 0.6) is 0 Å². The highest BCUT2D eigenvalue weighted by Gasteiger charge is 2.24. The van der Waals surface area contributed by atoms with Crippen LogP contribution in [-0.2, 0) is 13.5 Å². The van der Waals surface area contributed by atoms with Gasteiger partial charge >= 0.3 is 0 Å². The van der Waals surface area contributed by atoms with Gasteiger partial charge in [0, 0.05) is 25.7 Å². The first kappa shape index (κ1) is 12.4. The summed E-state index contributed by atoms with van der Waals surface area (Å²) in [5, 5.41) is 4.54. The lowest BCUT2D eigenvalue weighted by Gasteiger charge is -2.27. The summed E-state index contributed by atoms with van der Waals surface area (Å²) in [4.78, 5) is 2.41. The number of aryl methyl sites for hydroxylation is 2. The fourth-order valence-electron chi connectivity index (χ4n) is 3.03. The van der Waals surface area contributed by atoms with Gasteiger partial charge in [-0.1, -0.05) is 12.8 Å². The fraction of sp³-hybridized carbons (Fsp3) is 0.769. The van der Waals surface area contributed by atoms with Crippen LogP contribution < -0.4 is 10.6 Å². The van der Waals surface area contributed by atoms with Crippen LogP contribution in [0.2, 0.25) is 0 Å². The Morgan fingerprint density at radius 3 is 2.65 bits per heavy atom. The normalized spacial score (nSPS) is 16.7. The molecule has 2 N–H and O–H groups in total. The van der Waals surface area contributed by atoms with Gasteiger partial charge in [0.05, 0.1) is 5.69 Å². The molecule has 4 heteroatoms. The number of anilines is 1. The highest BCUT2D eigenvalue weighted by Crippen LogP contribution is 2.30. The number of hydrogen-bond acceptors (Lipinski definition) is 3. The summed E-state index contributed by atoms with van der Waals surface area (Å²) >= 11 is 0. The Kier molecular flexibility index (Phi) is 3.72. The van der Waals surface area contributed by atoms with Crippen molar-refractivity contribution in [2.24, 2.45) is 12.8 Å². The van der Waals surface area contributed by atoms with E-state index >= 15 is 0 Å². The van der Waals surface area contributed by atoms with E-state index in [1.807, 2.05) is 11.7 Å². The summed E-state index contributed by atoms with van der Waals surface area (Å²) in [6.45, 7) is 2.77. The number of nitrogens with zero attached hydrogens (tertiary/aromatic N) is 3. The van der Waals surface area contributed by atoms with Gasteiger partial charge in [-0.3, -0.25) is 4.68 Å². The maximum Gasteiger partial charge on any atom is 0.130 e. The van der Waals surface area contributed by atoms with Gasteiger partial charge in [0.25, 0.3) is 0 Å². The Balaban J connectivity index is 2.28. The molecule has 1 aliphatic rings. The molecule has 0 radical (unpaired) electrons. The third-order valence-electron chi connectivity index (χ3n) is 3.91. The maximum atomic E-state index is 5.71. The van der Waals surface area contributed by atoms with Crippen LogP contribution in [0, 0.1) is 6.92 Å². The van der Waals surface area contributed by atoms with E-state index in [1.54, 1.807) is 0 Å². The van der Waals surface area contributed by atoms with Crippen molar-refractivity contribution in [1.29, 1.82) is 0 Å². The molecule has 1 saturated carbocycles. The molecule has 1 heterocycles. The molecule has 0 spiro atoms. The summed E-state index contributed by atoms with van der Waals surface area (Å²) in [5.41, 5.74) is 8.15. The van der Waals surface area contributed by atoms with E-state index in [2.05, 4.69) is 24.0 Å². The SMILES string of the molecule is Cc1nn(C)c(N(C)C2CCCC2)c1CCN. The number of aromatic nitrogens is 2. The van der Waals surface area contributed by atoms with Crippen molar-refractivity contribution >= 4 is 5.82 Å². The first-order chi connectivity index (χ1) is 8.15. The molecule has 17 heavy (non-hydrogen) atoms. The molecule has 0 aromatic carbocycles. The average molecular weight is 236 g/mol. The fourth-order valence-corrected chi connectivity index (χ4v) is 3.03. The smallest absolute Gasteiger partial charge is 0.130 e. The van der Waals surface area contributed by atoms with E-state index in [0.717, 1.165) is 12.1 Å². The van der Waals surface area contributed by atoms with E-state index in [4.69, 9.17) is 5.73 Å². The van der Waals surface area contributed by atoms with Gasteiger partial charge in [-0.2, -0.15) is 5.10 Å². The van der Waals surface area contributed by atoms with Gasteiger partial charge in [0.15, 0.2) is 0 Å². The highest BCUT2D eigenvalue weighted by molar-refractivity contribution is 5.50. The van der Waals surface area contributed by atoms with Crippen molar-refractivity contribution < 1.29 is 0 Å². The highest BCUT2D eigenvalue weighted by atomic mass is 15.4. The monoisotopic (exact) mass is 236 g/mol. The van der Waals surface area contributed by atoms with Crippen LogP contribution in [0.15, 0.2) is 0 Å². The van der Waals surface area contributed by atoms with Crippen LogP contribution >= 0.6 is 0 Å². The molecule has 1 aromatic rings. The second-order valence-corrected chi connectivity index (χ2v) is 5.10. The molecule has 96 valence electrons. The lowest BCUT2D eigenvalue weighted by Crippen LogP contribution is -2.31. The topological polar surface area (TPSA) is 47.1 Å². The Hall–Kier alpha value is -1.03. The quantitative estimate of drug-likeness (QED) is 0.864. The zero-order valence-electron chi connectivity index (χ0n) is 11.2. The van der Waals surface area contributed by atoms with Crippen LogP contribution in [0.25, 0.3) is 0 Å². The molecule has 1 aromatic heterocycles. The average Bonchev–Trinajstić information content (AvgIpc) is 2.88. The lowest BCUT2D eigenvalue weighted by atomic mass is 10.1. The van der Waals surface area contributed by atoms with Crippen molar-refractivity contribution in [2.45, 2.75) is 45.1 Å². The maximum absolute atomic E-state index is 5.71. The van der Waals surface area contributed by atoms with Crippen molar-refractivity contribution in [3.05, 3.63) is 11.3 Å². The first-order valence-electron chi connectivity index (χ1n) is 6.60. The number of hydrogen-bond donors (Lipinski definition) is 1. The van der Waals surface area contributed by atoms with Crippen molar-refractivity contribution in [2.75, 3.05) is 18.5 Å². The van der Waals surface area contributed by atoms with Gasteiger partial charge < -0.3 is 10.6 Å². The molecule has 0 atom stereocenters. The van der Waals surface area contributed by atoms with Crippen LogP contribution in [0.3, 0.4) is 0 Å². The summed E-state index contributed by atoms with van der Waals surface area (Å²) in [6, 6.07) is 0.682. The van der Waals surface area contributed by atoms with Crippen LogP contribution in [-0.4, -0.2) is 29.4 Å². The molecule has 0 amide bonds. The number of rotatable bonds is 4. The minimum Gasteiger partial charge on any atom is -0.357 e. The molecule has 1 aliphatic carbocycles. The standard InChI is InChI=1S/C13H24N4/c1-10-12(8-9-14)13(17(3)15-10)16(2)11-6-4-5-7-11/h11H,4-9,14H2,1-3H3. The Labute approximate surface area is 104 Å². The third-order valence-corrected chi connectivity index (χ3v) is 3.91. The Morgan fingerprint density at radius 1 is 1.41 bits per heavy atom. The van der Waals surface area contributed by atoms with Gasteiger partial charge in [-0.05, 0) is 32.7 Å². The predicted molar refractivity (Wildman–Crippen MR) is 71.4 cm³/mol. The van der Waals surface area contributed by atoms with Gasteiger partial charge in [0.1, 0.15) is 5.82 Å². The molecular formula is C13H24N4. The van der Waals surface area contributed by atoms with Crippen molar-refractivity contribution in [3.63, 3.8) is 0 Å². The largest absolute Gasteiger partial charge is 0.357 e. The second kappa shape index (κ2) is 5.08. The summed E-state index contributed by atoms with van der Waals surface area (Å²) in [6.07, 6.45) is 6.26. The van der Waals surface area contributed by atoms with Crippen LogP contribution in [0.4, 0.5) is 5.82 Å². The molecule has 1 fully saturated rings. The van der Waals surface area contributed by atoms with Gasteiger partial charge in [-0.15, -0.1) is 0 Å². The Morgan fingerprint density at radius 2 is 2.06 bits per heavy atom. The zero-order chi connectivity index (χ0) is 12.4. The third kappa shape index (κ3) is 2.32. The molecule has 2 rings (SSSR count). The number of nitrogens with two attached hydrogens (primary N) is 1. The lowest BCUT2D eigenvalue weighted by molar-refractivity contribution is 0.619. The molecule has 0 bridgehead atoms.